The highest BCUT2D eigenvalue weighted by atomic mass is 31.1. The van der Waals surface area contributed by atoms with Crippen molar-refractivity contribution in [2.75, 3.05) is 26.4 Å². The van der Waals surface area contributed by atoms with E-state index in [-0.39, 0.29) is 26.4 Å². The van der Waals surface area contributed by atoms with E-state index in [9.17, 15) is 18.9 Å². The van der Waals surface area contributed by atoms with Crippen molar-refractivity contribution in [3.05, 3.63) is 59.7 Å². The summed E-state index contributed by atoms with van der Waals surface area (Å²) in [5.74, 6) is 0.581. The number of benzene rings is 2. The smallest absolute Gasteiger partial charge is 0.539 e. The van der Waals surface area contributed by atoms with Crippen LogP contribution in [0.4, 0.5) is 0 Å². The van der Waals surface area contributed by atoms with Gasteiger partial charge in [-0.3, -0.25) is 18.9 Å². The van der Waals surface area contributed by atoms with E-state index in [1.54, 1.807) is 24.3 Å². The fourth-order valence-electron chi connectivity index (χ4n) is 6.03. The van der Waals surface area contributed by atoms with Gasteiger partial charge < -0.3 is 19.3 Å². The van der Waals surface area contributed by atoms with E-state index in [2.05, 4.69) is 13.8 Å². The fourth-order valence-corrected chi connectivity index (χ4v) is 7.07. The molecule has 2 aromatic rings. The Morgan fingerprint density at radius 1 is 0.531 bits per heavy atom. The molecule has 2 heterocycles. The molecule has 0 N–H and O–H groups in total. The predicted octanol–water partition coefficient (Wildman–Crippen LogP) is 8.24. The Balaban J connectivity index is 1.24. The van der Waals surface area contributed by atoms with E-state index in [0.29, 0.717) is 11.5 Å². The first kappa shape index (κ1) is 39.8. The Bertz CT molecular complexity index is 1170. The van der Waals surface area contributed by atoms with Gasteiger partial charge in [-0.1, -0.05) is 124 Å². The SMILES string of the molecule is CCCCCCCCCc1ccc(OC2([P+](=O)[O-])OCC3(CO2)COC(Oc2ccc(CCCCCCCCC)cc2)([P+](=O)[O-])OC3)cc1. The van der Waals surface area contributed by atoms with E-state index in [4.69, 9.17) is 28.4 Å². The summed E-state index contributed by atoms with van der Waals surface area (Å²) in [5, 5.41) is 0. The Kier molecular flexibility index (Phi) is 16.4. The second kappa shape index (κ2) is 20.1. The fraction of sp³-hybridized carbons (Fsp3) is 0.676. The second-order valence-electron chi connectivity index (χ2n) is 13.5. The molecule has 0 amide bonds. The molecule has 2 aliphatic heterocycles. The number of ether oxygens (including phenoxy) is 6. The minimum absolute atomic E-state index is 0.175. The van der Waals surface area contributed by atoms with E-state index < -0.39 is 32.9 Å². The van der Waals surface area contributed by atoms with Gasteiger partial charge in [-0.2, -0.15) is 0 Å². The molecule has 0 saturated carbocycles. The molecule has 2 aromatic carbocycles. The highest BCUT2D eigenvalue weighted by Crippen LogP contribution is 2.48. The minimum atomic E-state index is -3.33. The lowest BCUT2D eigenvalue weighted by Crippen LogP contribution is -2.60. The molecule has 12 heteroatoms. The topological polar surface area (TPSA) is 136 Å². The van der Waals surface area contributed by atoms with E-state index in [1.165, 1.54) is 77.0 Å². The number of hydrogen-bond acceptors (Lipinski definition) is 10. The normalized spacial score (nSPS) is 24.5. The molecule has 0 radical (unpaired) electrons. The van der Waals surface area contributed by atoms with Crippen molar-refractivity contribution in [3.63, 3.8) is 0 Å². The number of unbranched alkanes of at least 4 members (excludes halogenated alkanes) is 12. The molecule has 4 rings (SSSR count). The minimum Gasteiger partial charge on any atom is -0.588 e. The summed E-state index contributed by atoms with van der Waals surface area (Å²) in [6.45, 7) is 3.73. The lowest BCUT2D eigenvalue weighted by molar-refractivity contribution is -0.408. The molecule has 2 unspecified atom stereocenters. The Morgan fingerprint density at radius 3 is 1.14 bits per heavy atom. The van der Waals surface area contributed by atoms with E-state index >= 15 is 0 Å². The first-order valence-electron chi connectivity index (χ1n) is 18.1. The van der Waals surface area contributed by atoms with E-state index in [0.717, 1.165) is 36.8 Å². The van der Waals surface area contributed by atoms with Crippen LogP contribution in [-0.4, -0.2) is 37.9 Å². The van der Waals surface area contributed by atoms with Crippen LogP contribution in [0.3, 0.4) is 0 Å². The van der Waals surface area contributed by atoms with Crippen molar-refractivity contribution in [1.29, 1.82) is 0 Å². The Morgan fingerprint density at radius 2 is 0.837 bits per heavy atom. The summed E-state index contributed by atoms with van der Waals surface area (Å²) < 4.78 is 59.0. The molecule has 10 nitrogen and oxygen atoms in total. The van der Waals surface area contributed by atoms with Crippen LogP contribution in [0.2, 0.25) is 0 Å². The van der Waals surface area contributed by atoms with Crippen molar-refractivity contribution >= 4 is 16.1 Å². The van der Waals surface area contributed by atoms with Crippen LogP contribution in [0.5, 0.6) is 11.5 Å². The Labute approximate surface area is 293 Å². The van der Waals surface area contributed by atoms with Crippen molar-refractivity contribution < 1.29 is 47.3 Å². The molecule has 2 aliphatic rings. The van der Waals surface area contributed by atoms with Gasteiger partial charge in [-0.15, -0.1) is 0 Å². The molecule has 2 atom stereocenters. The zero-order chi connectivity index (χ0) is 35.0. The third-order valence-electron chi connectivity index (χ3n) is 9.17. The highest BCUT2D eigenvalue weighted by Gasteiger charge is 2.63. The van der Waals surface area contributed by atoms with Crippen LogP contribution < -0.4 is 19.3 Å². The molecule has 0 bridgehead atoms. The maximum Gasteiger partial charge on any atom is 0.539 e. The standard InChI is InChI=1S/C37H54O10P2/c1-3-5-7-9-11-13-15-17-31-19-23-33(24-20-31)46-36(48(38)39)42-27-35(28-43-36)29-44-37(45-30-35,49(40)41)47-34-25-21-32(22-26-34)18-16-14-12-10-8-6-4-2/h19-26H,3-18,27-30H2,1-2H3. The summed E-state index contributed by atoms with van der Waals surface area (Å²) in [4.78, 5) is 24.7. The third-order valence-corrected chi connectivity index (χ3v) is 10.8. The molecule has 49 heavy (non-hydrogen) atoms. The van der Waals surface area contributed by atoms with Gasteiger partial charge in [0.15, 0.2) is 0 Å². The van der Waals surface area contributed by atoms with Crippen LogP contribution in [0.25, 0.3) is 0 Å². The van der Waals surface area contributed by atoms with Crippen molar-refractivity contribution in [3.8, 4) is 11.5 Å². The zero-order valence-corrected chi connectivity index (χ0v) is 31.0. The molecule has 2 saturated heterocycles. The van der Waals surface area contributed by atoms with Gasteiger partial charge in [0.05, 0.1) is 31.8 Å². The van der Waals surface area contributed by atoms with Gasteiger partial charge in [0.2, 0.25) is 0 Å². The van der Waals surface area contributed by atoms with Crippen molar-refractivity contribution in [1.82, 2.24) is 0 Å². The molecular weight excluding hydrogens is 666 g/mol. The zero-order valence-electron chi connectivity index (χ0n) is 29.2. The van der Waals surface area contributed by atoms with E-state index in [1.807, 2.05) is 24.3 Å². The van der Waals surface area contributed by atoms with Crippen LogP contribution in [0.1, 0.15) is 115 Å². The third kappa shape index (κ3) is 12.0. The average Bonchev–Trinajstić information content (AvgIpc) is 3.11. The van der Waals surface area contributed by atoms with Crippen LogP contribution in [0, 0.1) is 5.41 Å². The van der Waals surface area contributed by atoms with Crippen LogP contribution in [0.15, 0.2) is 48.5 Å². The summed E-state index contributed by atoms with van der Waals surface area (Å²) in [7, 11) is -6.67. The second-order valence-corrected chi connectivity index (χ2v) is 15.6. The molecule has 1 spiro atoms. The van der Waals surface area contributed by atoms with Crippen LogP contribution in [-0.2, 0) is 40.9 Å². The number of aryl methyl sites for hydroxylation is 2. The first-order valence-corrected chi connectivity index (χ1v) is 20.5. The maximum atomic E-state index is 12.3. The van der Waals surface area contributed by atoms with Gasteiger partial charge in [0.1, 0.15) is 11.5 Å². The largest absolute Gasteiger partial charge is 0.588 e. The van der Waals surface area contributed by atoms with Crippen molar-refractivity contribution in [2.45, 2.75) is 128 Å². The van der Waals surface area contributed by atoms with Gasteiger partial charge in [0.25, 0.3) is 0 Å². The summed E-state index contributed by atoms with van der Waals surface area (Å²) >= 11 is 0. The Hall–Kier alpha value is -2.00. The summed E-state index contributed by atoms with van der Waals surface area (Å²) in [6, 6.07) is 14.5. The summed E-state index contributed by atoms with van der Waals surface area (Å²) in [5.41, 5.74) is -3.34. The molecular formula is C37H54O10P2. The van der Waals surface area contributed by atoms with Gasteiger partial charge in [0, 0.05) is 0 Å². The monoisotopic (exact) mass is 720 g/mol. The van der Waals surface area contributed by atoms with Gasteiger partial charge >= 0.3 is 27.5 Å². The van der Waals surface area contributed by atoms with Gasteiger partial charge in [-0.25, -0.2) is 0 Å². The number of hydrogen-bond donors (Lipinski definition) is 0. The number of rotatable bonds is 22. The molecule has 2 fully saturated rings. The predicted molar refractivity (Wildman–Crippen MR) is 184 cm³/mol. The average molecular weight is 721 g/mol. The first-order chi connectivity index (χ1) is 23.7. The molecule has 0 aromatic heterocycles. The van der Waals surface area contributed by atoms with Crippen molar-refractivity contribution in [2.24, 2.45) is 5.41 Å². The lowest BCUT2D eigenvalue weighted by atomic mass is 9.91. The maximum absolute atomic E-state index is 12.3. The van der Waals surface area contributed by atoms with Crippen LogP contribution >= 0.6 is 16.1 Å². The lowest BCUT2D eigenvalue weighted by Gasteiger charge is -2.44. The quantitative estimate of drug-likeness (QED) is 0.0864. The highest BCUT2D eigenvalue weighted by molar-refractivity contribution is 7.38. The molecule has 0 aliphatic carbocycles. The van der Waals surface area contributed by atoms with Gasteiger partial charge in [-0.05, 0) is 61.1 Å². The molecule has 272 valence electrons. The summed E-state index contributed by atoms with van der Waals surface area (Å²) in [6.07, 6.45) is 19.1.